The second-order valence-corrected chi connectivity index (χ2v) is 7.90. The first-order chi connectivity index (χ1) is 13.0. The van der Waals surface area contributed by atoms with Crippen molar-refractivity contribution in [3.8, 4) is 0 Å². The molecule has 4 rings (SSSR count). The minimum absolute atomic E-state index is 0.0845. The standard InChI is InChI=1S/C20H25N3O4/c1-20(12-26-13-20)27-19(25)23-10-16-15(17(16)11-23)6-9-22-18(24)3-2-14-4-7-21-8-5-14/h2-5,7-8,15-17H,6,9-13H2,1H3,(H,22,24)/b3-2+/t15?,16-,17+. The summed E-state index contributed by atoms with van der Waals surface area (Å²) in [5, 5.41) is 2.93. The van der Waals surface area contributed by atoms with Gasteiger partial charge in [0.2, 0.25) is 5.91 Å². The van der Waals surface area contributed by atoms with Gasteiger partial charge in [0.05, 0.1) is 13.2 Å². The average molecular weight is 371 g/mol. The van der Waals surface area contributed by atoms with Crippen LogP contribution in [0.3, 0.4) is 0 Å². The van der Waals surface area contributed by atoms with Crippen LogP contribution < -0.4 is 5.32 Å². The average Bonchev–Trinajstić information content (AvgIpc) is 3.09. The van der Waals surface area contributed by atoms with Crippen LogP contribution in [0, 0.1) is 17.8 Å². The van der Waals surface area contributed by atoms with Gasteiger partial charge in [-0.3, -0.25) is 9.78 Å². The summed E-state index contributed by atoms with van der Waals surface area (Å²) < 4.78 is 10.6. The maximum absolute atomic E-state index is 12.2. The van der Waals surface area contributed by atoms with Crippen LogP contribution in [0.1, 0.15) is 18.9 Å². The van der Waals surface area contributed by atoms with E-state index in [1.165, 1.54) is 0 Å². The van der Waals surface area contributed by atoms with Crippen LogP contribution in [0.5, 0.6) is 0 Å². The molecule has 1 aromatic rings. The molecule has 2 aliphatic heterocycles. The summed E-state index contributed by atoms with van der Waals surface area (Å²) in [6, 6.07) is 3.70. The van der Waals surface area contributed by atoms with Gasteiger partial charge < -0.3 is 19.7 Å². The molecule has 144 valence electrons. The van der Waals surface area contributed by atoms with E-state index in [-0.39, 0.29) is 12.0 Å². The maximum atomic E-state index is 12.2. The Morgan fingerprint density at radius 1 is 1.33 bits per heavy atom. The Morgan fingerprint density at radius 2 is 2.04 bits per heavy atom. The van der Waals surface area contributed by atoms with Gasteiger partial charge in [0.25, 0.3) is 0 Å². The summed E-state index contributed by atoms with van der Waals surface area (Å²) in [6.45, 7) is 5.06. The van der Waals surface area contributed by atoms with Crippen LogP contribution in [-0.2, 0) is 14.3 Å². The summed E-state index contributed by atoms with van der Waals surface area (Å²) >= 11 is 0. The molecule has 1 aliphatic carbocycles. The molecule has 3 fully saturated rings. The van der Waals surface area contributed by atoms with Gasteiger partial charge >= 0.3 is 6.09 Å². The van der Waals surface area contributed by atoms with Crippen LogP contribution in [0.15, 0.2) is 30.6 Å². The van der Waals surface area contributed by atoms with Crippen LogP contribution in [0.4, 0.5) is 4.79 Å². The third-order valence-electron chi connectivity index (χ3n) is 5.69. The molecule has 2 saturated heterocycles. The third-order valence-corrected chi connectivity index (χ3v) is 5.69. The number of carbonyl (C=O) groups is 2. The van der Waals surface area contributed by atoms with E-state index in [0.717, 1.165) is 25.1 Å². The van der Waals surface area contributed by atoms with Crippen molar-refractivity contribution in [2.45, 2.75) is 18.9 Å². The molecule has 1 saturated carbocycles. The van der Waals surface area contributed by atoms with E-state index in [1.54, 1.807) is 24.5 Å². The first-order valence-corrected chi connectivity index (χ1v) is 9.46. The topological polar surface area (TPSA) is 80.8 Å². The molecular formula is C20H25N3O4. The normalized spacial score (nSPS) is 27.7. The summed E-state index contributed by atoms with van der Waals surface area (Å²) in [5.74, 6) is 1.61. The molecule has 0 aromatic carbocycles. The Morgan fingerprint density at radius 3 is 2.67 bits per heavy atom. The first-order valence-electron chi connectivity index (χ1n) is 9.46. The van der Waals surface area contributed by atoms with Crippen molar-refractivity contribution >= 4 is 18.1 Å². The first kappa shape index (κ1) is 18.0. The van der Waals surface area contributed by atoms with E-state index in [9.17, 15) is 9.59 Å². The van der Waals surface area contributed by atoms with Gasteiger partial charge in [0.15, 0.2) is 5.60 Å². The van der Waals surface area contributed by atoms with Crippen molar-refractivity contribution in [2.75, 3.05) is 32.8 Å². The zero-order chi connectivity index (χ0) is 18.9. The largest absolute Gasteiger partial charge is 0.438 e. The number of hydrogen-bond acceptors (Lipinski definition) is 5. The summed E-state index contributed by atoms with van der Waals surface area (Å²) in [5.41, 5.74) is 0.503. The van der Waals surface area contributed by atoms with E-state index in [1.807, 2.05) is 24.0 Å². The maximum Gasteiger partial charge on any atom is 0.410 e. The Hall–Kier alpha value is -2.41. The van der Waals surface area contributed by atoms with Crippen LogP contribution in [-0.4, -0.2) is 60.3 Å². The van der Waals surface area contributed by atoms with Crippen molar-refractivity contribution in [3.63, 3.8) is 0 Å². The summed E-state index contributed by atoms with van der Waals surface area (Å²) in [7, 11) is 0. The highest BCUT2D eigenvalue weighted by atomic mass is 16.6. The SMILES string of the molecule is CC1(OC(=O)N2C[C@@H]3C(CCNC(=O)/C=C/c4ccncc4)[C@@H]3C2)COC1. The van der Waals surface area contributed by atoms with Gasteiger partial charge in [0.1, 0.15) is 0 Å². The Labute approximate surface area is 158 Å². The van der Waals surface area contributed by atoms with Gasteiger partial charge in [-0.2, -0.15) is 0 Å². The molecule has 27 heavy (non-hydrogen) atoms. The monoisotopic (exact) mass is 371 g/mol. The number of ether oxygens (including phenoxy) is 2. The van der Waals surface area contributed by atoms with Gasteiger partial charge in [0, 0.05) is 38.1 Å². The lowest BCUT2D eigenvalue weighted by molar-refractivity contribution is -0.171. The molecule has 2 amide bonds. The fourth-order valence-electron chi connectivity index (χ4n) is 4.02. The molecular weight excluding hydrogens is 346 g/mol. The highest BCUT2D eigenvalue weighted by Gasteiger charge is 2.56. The third kappa shape index (κ3) is 4.13. The number of fused-ring (bicyclic) bond motifs is 1. The number of pyridine rings is 1. The van der Waals surface area contributed by atoms with E-state index in [4.69, 9.17) is 9.47 Å². The molecule has 7 heteroatoms. The number of carbonyl (C=O) groups excluding carboxylic acids is 2. The highest BCUT2D eigenvalue weighted by molar-refractivity contribution is 5.91. The van der Waals surface area contributed by atoms with Crippen LogP contribution in [0.2, 0.25) is 0 Å². The summed E-state index contributed by atoms with van der Waals surface area (Å²) in [4.78, 5) is 29.8. The molecule has 7 nitrogen and oxygen atoms in total. The Balaban J connectivity index is 1.13. The van der Waals surface area contributed by atoms with Crippen LogP contribution in [0.25, 0.3) is 6.08 Å². The van der Waals surface area contributed by atoms with E-state index in [2.05, 4.69) is 10.3 Å². The minimum atomic E-state index is -0.447. The van der Waals surface area contributed by atoms with Crippen molar-refractivity contribution in [1.82, 2.24) is 15.2 Å². The number of rotatable bonds is 6. The molecule has 1 N–H and O–H groups in total. The molecule has 0 radical (unpaired) electrons. The number of hydrogen-bond donors (Lipinski definition) is 1. The van der Waals surface area contributed by atoms with Gasteiger partial charge in [-0.05, 0) is 54.9 Å². The predicted octanol–water partition coefficient (Wildman–Crippen LogP) is 1.70. The molecule has 1 unspecified atom stereocenters. The Bertz CT molecular complexity index is 720. The smallest absolute Gasteiger partial charge is 0.410 e. The predicted molar refractivity (Wildman–Crippen MR) is 98.6 cm³/mol. The number of amides is 2. The fraction of sp³-hybridized carbons (Fsp3) is 0.550. The quantitative estimate of drug-likeness (QED) is 0.770. The lowest BCUT2D eigenvalue weighted by Crippen LogP contribution is -2.52. The van der Waals surface area contributed by atoms with Gasteiger partial charge in [-0.25, -0.2) is 4.79 Å². The van der Waals surface area contributed by atoms with Crippen LogP contribution >= 0.6 is 0 Å². The number of nitrogens with zero attached hydrogens (tertiary/aromatic N) is 2. The minimum Gasteiger partial charge on any atom is -0.438 e. The second kappa shape index (κ2) is 7.31. The lowest BCUT2D eigenvalue weighted by atomic mass is 10.1. The summed E-state index contributed by atoms with van der Waals surface area (Å²) in [6.07, 6.45) is 7.46. The number of piperidine rings is 1. The van der Waals surface area contributed by atoms with Crippen molar-refractivity contribution < 1.29 is 19.1 Å². The fourth-order valence-corrected chi connectivity index (χ4v) is 4.02. The van der Waals surface area contributed by atoms with Gasteiger partial charge in [-0.15, -0.1) is 0 Å². The molecule has 3 atom stereocenters. The zero-order valence-corrected chi connectivity index (χ0v) is 15.5. The number of aromatic nitrogens is 1. The molecule has 1 aromatic heterocycles. The lowest BCUT2D eigenvalue weighted by Gasteiger charge is -2.38. The van der Waals surface area contributed by atoms with E-state index >= 15 is 0 Å². The molecule has 3 heterocycles. The number of nitrogens with one attached hydrogen (secondary N) is 1. The van der Waals surface area contributed by atoms with Crippen molar-refractivity contribution in [3.05, 3.63) is 36.2 Å². The molecule has 0 bridgehead atoms. The van der Waals surface area contributed by atoms with E-state index < -0.39 is 5.60 Å². The molecule has 3 aliphatic rings. The zero-order valence-electron chi connectivity index (χ0n) is 15.5. The second-order valence-electron chi connectivity index (χ2n) is 7.90. The van der Waals surface area contributed by atoms with E-state index in [0.29, 0.717) is 37.5 Å². The van der Waals surface area contributed by atoms with Crippen molar-refractivity contribution in [1.29, 1.82) is 0 Å². The Kier molecular flexibility index (Phi) is 4.86. The highest BCUT2D eigenvalue weighted by Crippen LogP contribution is 2.53. The van der Waals surface area contributed by atoms with Gasteiger partial charge in [-0.1, -0.05) is 0 Å². The number of likely N-dealkylation sites (tertiary alicyclic amines) is 1. The van der Waals surface area contributed by atoms with Crippen molar-refractivity contribution in [2.24, 2.45) is 17.8 Å². The molecule has 0 spiro atoms.